The maximum Gasteiger partial charge on any atom is 0.411 e. The van der Waals surface area contributed by atoms with Gasteiger partial charge >= 0.3 is 12.2 Å². The lowest BCUT2D eigenvalue weighted by atomic mass is 10.0. The topological polar surface area (TPSA) is 76.7 Å². The third-order valence-corrected chi connectivity index (χ3v) is 3.43. The first kappa shape index (κ1) is 18.3. The molecule has 2 rings (SSSR count). The fraction of sp³-hybridized carbons (Fsp3) is 0.263. The molecular weight excluding hydrogens is 320 g/mol. The monoisotopic (exact) mass is 342 g/mol. The van der Waals surface area contributed by atoms with E-state index in [2.05, 4.69) is 15.4 Å². The van der Waals surface area contributed by atoms with Crippen molar-refractivity contribution in [1.82, 2.24) is 0 Å². The van der Waals surface area contributed by atoms with E-state index >= 15 is 0 Å². The molecule has 25 heavy (non-hydrogen) atoms. The van der Waals surface area contributed by atoms with Crippen LogP contribution in [0.15, 0.2) is 48.5 Å². The normalized spacial score (nSPS) is 10.0. The molecule has 0 spiro atoms. The van der Waals surface area contributed by atoms with Crippen LogP contribution >= 0.6 is 0 Å². The van der Waals surface area contributed by atoms with Crippen LogP contribution in [0.25, 0.3) is 0 Å². The molecule has 2 N–H and O–H groups in total. The fourth-order valence-corrected chi connectivity index (χ4v) is 2.17. The number of anilines is 2. The molecule has 0 atom stereocenters. The van der Waals surface area contributed by atoms with Gasteiger partial charge in [0.25, 0.3) is 0 Å². The van der Waals surface area contributed by atoms with Crippen LogP contribution in [0.1, 0.15) is 24.5 Å². The molecular formula is C19H22N2O4. The van der Waals surface area contributed by atoms with Crippen molar-refractivity contribution in [2.24, 2.45) is 0 Å². The van der Waals surface area contributed by atoms with Crippen LogP contribution < -0.4 is 10.6 Å². The van der Waals surface area contributed by atoms with Gasteiger partial charge < -0.3 is 9.47 Å². The van der Waals surface area contributed by atoms with Crippen LogP contribution in [-0.2, 0) is 15.9 Å². The van der Waals surface area contributed by atoms with E-state index in [1.807, 2.05) is 55.5 Å². The Balaban J connectivity index is 1.90. The molecule has 0 radical (unpaired) electrons. The summed E-state index contributed by atoms with van der Waals surface area (Å²) in [6, 6.07) is 15.1. The van der Waals surface area contributed by atoms with Crippen molar-refractivity contribution in [3.63, 3.8) is 0 Å². The highest BCUT2D eigenvalue weighted by Gasteiger charge is 2.04. The molecule has 2 amide bonds. The average molecular weight is 342 g/mol. The number of hydrogen-bond donors (Lipinski definition) is 2. The molecule has 0 aromatic heterocycles. The standard InChI is InChI=1S/C19H22N2O4/c1-3-12-25-19(23)21-17-10-6-15(7-11-17)13-14-4-8-16(9-5-14)20-18(22)24-2/h4-11H,3,12-13H2,1-2H3,(H,20,22)(H,21,23). The molecule has 0 heterocycles. The summed E-state index contributed by atoms with van der Waals surface area (Å²) in [6.07, 6.45) is 0.607. The number of benzene rings is 2. The molecule has 0 bridgehead atoms. The summed E-state index contributed by atoms with van der Waals surface area (Å²) < 4.78 is 9.53. The first-order valence-electron chi connectivity index (χ1n) is 8.07. The van der Waals surface area contributed by atoms with Crippen molar-refractivity contribution < 1.29 is 19.1 Å². The van der Waals surface area contributed by atoms with Gasteiger partial charge in [-0.25, -0.2) is 9.59 Å². The van der Waals surface area contributed by atoms with Crippen LogP contribution in [-0.4, -0.2) is 25.9 Å². The van der Waals surface area contributed by atoms with E-state index in [0.29, 0.717) is 18.0 Å². The molecule has 0 aliphatic heterocycles. The smallest absolute Gasteiger partial charge is 0.411 e. The van der Waals surface area contributed by atoms with Crippen molar-refractivity contribution in [3.05, 3.63) is 59.7 Å². The van der Waals surface area contributed by atoms with Gasteiger partial charge in [0, 0.05) is 11.4 Å². The number of ether oxygens (including phenoxy) is 2. The highest BCUT2D eigenvalue weighted by Crippen LogP contribution is 2.16. The van der Waals surface area contributed by atoms with Gasteiger partial charge in [0.05, 0.1) is 13.7 Å². The number of carbonyl (C=O) groups excluding carboxylic acids is 2. The summed E-state index contributed by atoms with van der Waals surface area (Å²) in [4.78, 5) is 22.7. The third kappa shape index (κ3) is 6.18. The molecule has 2 aromatic carbocycles. The summed E-state index contributed by atoms with van der Waals surface area (Å²) in [6.45, 7) is 2.35. The molecule has 0 saturated heterocycles. The van der Waals surface area contributed by atoms with Gasteiger partial charge in [0.1, 0.15) is 0 Å². The number of rotatable bonds is 6. The van der Waals surface area contributed by atoms with Gasteiger partial charge in [-0.15, -0.1) is 0 Å². The molecule has 0 fully saturated rings. The van der Waals surface area contributed by atoms with E-state index < -0.39 is 12.2 Å². The van der Waals surface area contributed by atoms with E-state index in [1.165, 1.54) is 7.11 Å². The van der Waals surface area contributed by atoms with Crippen molar-refractivity contribution in [1.29, 1.82) is 0 Å². The van der Waals surface area contributed by atoms with E-state index in [-0.39, 0.29) is 0 Å². The second-order valence-electron chi connectivity index (χ2n) is 5.45. The number of methoxy groups -OCH3 is 1. The largest absolute Gasteiger partial charge is 0.453 e. The third-order valence-electron chi connectivity index (χ3n) is 3.43. The van der Waals surface area contributed by atoms with Gasteiger partial charge in [-0.1, -0.05) is 31.2 Å². The van der Waals surface area contributed by atoms with Crippen LogP contribution in [0.3, 0.4) is 0 Å². The lowest BCUT2D eigenvalue weighted by molar-refractivity contribution is 0.161. The quantitative estimate of drug-likeness (QED) is 0.815. The maximum absolute atomic E-state index is 11.5. The Morgan fingerprint density at radius 2 is 1.32 bits per heavy atom. The second kappa shape index (κ2) is 9.32. The average Bonchev–Trinajstić information content (AvgIpc) is 2.63. The van der Waals surface area contributed by atoms with Gasteiger partial charge in [-0.05, 0) is 48.2 Å². The summed E-state index contributed by atoms with van der Waals surface area (Å²) in [5.74, 6) is 0. The Hall–Kier alpha value is -3.02. The zero-order valence-electron chi connectivity index (χ0n) is 14.4. The highest BCUT2D eigenvalue weighted by molar-refractivity contribution is 5.85. The molecule has 0 aliphatic rings. The lowest BCUT2D eigenvalue weighted by Gasteiger charge is -2.08. The molecule has 0 unspecified atom stereocenters. The molecule has 6 heteroatoms. The minimum absolute atomic E-state index is 0.407. The van der Waals surface area contributed by atoms with Crippen molar-refractivity contribution >= 4 is 23.6 Å². The molecule has 0 aliphatic carbocycles. The van der Waals surface area contributed by atoms with E-state index in [0.717, 1.165) is 24.0 Å². The van der Waals surface area contributed by atoms with Crippen molar-refractivity contribution in [3.8, 4) is 0 Å². The van der Waals surface area contributed by atoms with Crippen LogP contribution in [0.2, 0.25) is 0 Å². The summed E-state index contributed by atoms with van der Waals surface area (Å²) in [7, 11) is 1.33. The number of hydrogen-bond acceptors (Lipinski definition) is 4. The highest BCUT2D eigenvalue weighted by atomic mass is 16.5. The number of amides is 2. The minimum atomic E-state index is -0.492. The molecule has 2 aromatic rings. The second-order valence-corrected chi connectivity index (χ2v) is 5.45. The minimum Gasteiger partial charge on any atom is -0.453 e. The number of carbonyl (C=O) groups is 2. The van der Waals surface area contributed by atoms with Crippen molar-refractivity contribution in [2.45, 2.75) is 19.8 Å². The predicted molar refractivity (Wildman–Crippen MR) is 97.0 cm³/mol. The van der Waals surface area contributed by atoms with Crippen LogP contribution in [0, 0.1) is 0 Å². The van der Waals surface area contributed by atoms with Gasteiger partial charge in [0.15, 0.2) is 0 Å². The van der Waals surface area contributed by atoms with E-state index in [9.17, 15) is 9.59 Å². The first-order chi connectivity index (χ1) is 12.1. The summed E-state index contributed by atoms with van der Waals surface area (Å²) in [5.41, 5.74) is 3.60. The van der Waals surface area contributed by atoms with Gasteiger partial charge in [0.2, 0.25) is 0 Å². The lowest BCUT2D eigenvalue weighted by Crippen LogP contribution is -2.13. The Kier molecular flexibility index (Phi) is 6.83. The Labute approximate surface area is 147 Å². The van der Waals surface area contributed by atoms with Crippen LogP contribution in [0.5, 0.6) is 0 Å². The van der Waals surface area contributed by atoms with Gasteiger partial charge in [-0.2, -0.15) is 0 Å². The van der Waals surface area contributed by atoms with Crippen LogP contribution in [0.4, 0.5) is 21.0 Å². The summed E-state index contributed by atoms with van der Waals surface area (Å²) >= 11 is 0. The van der Waals surface area contributed by atoms with Crippen molar-refractivity contribution in [2.75, 3.05) is 24.4 Å². The maximum atomic E-state index is 11.5. The first-order valence-corrected chi connectivity index (χ1v) is 8.07. The van der Waals surface area contributed by atoms with E-state index in [4.69, 9.17) is 4.74 Å². The number of nitrogens with one attached hydrogen (secondary N) is 2. The zero-order valence-corrected chi connectivity index (χ0v) is 14.4. The summed E-state index contributed by atoms with van der Waals surface area (Å²) in [5, 5.41) is 5.30. The molecule has 6 nitrogen and oxygen atoms in total. The SMILES string of the molecule is CCCOC(=O)Nc1ccc(Cc2ccc(NC(=O)OC)cc2)cc1. The fourth-order valence-electron chi connectivity index (χ4n) is 2.17. The molecule has 132 valence electrons. The van der Waals surface area contributed by atoms with Gasteiger partial charge in [-0.3, -0.25) is 10.6 Å². The Bertz CT molecular complexity index is 696. The zero-order chi connectivity index (χ0) is 18.1. The Morgan fingerprint density at radius 1 is 0.840 bits per heavy atom. The Morgan fingerprint density at radius 3 is 1.76 bits per heavy atom. The predicted octanol–water partition coefficient (Wildman–Crippen LogP) is 4.41. The molecule has 0 saturated carbocycles. The van der Waals surface area contributed by atoms with E-state index in [1.54, 1.807) is 0 Å².